The molecule has 196 valence electrons. The van der Waals surface area contributed by atoms with E-state index in [1.165, 1.54) is 24.3 Å². The number of nitrogens with one attached hydrogen (secondary N) is 2. The van der Waals surface area contributed by atoms with Gasteiger partial charge in [0, 0.05) is 5.69 Å². The number of sulfonamides is 1. The lowest BCUT2D eigenvalue weighted by atomic mass is 10.2. The van der Waals surface area contributed by atoms with Gasteiger partial charge in [0.15, 0.2) is 0 Å². The van der Waals surface area contributed by atoms with Crippen LogP contribution in [0.5, 0.6) is 11.5 Å². The molecule has 4 rings (SSSR count). The topological polar surface area (TPSA) is 111 Å². The third-order valence-electron chi connectivity index (χ3n) is 5.60. The van der Waals surface area contributed by atoms with Crippen LogP contribution in [0.25, 0.3) is 0 Å². The van der Waals surface area contributed by atoms with Crippen LogP contribution >= 0.6 is 7.60 Å². The predicted molar refractivity (Wildman–Crippen MR) is 148 cm³/mol. The molecule has 10 heteroatoms. The number of hydrogen-bond acceptors (Lipinski definition) is 6. The van der Waals surface area contributed by atoms with E-state index in [0.717, 1.165) is 16.7 Å². The number of carbonyl (C=O) groups is 1. The highest BCUT2D eigenvalue weighted by Gasteiger charge is 2.33. The summed E-state index contributed by atoms with van der Waals surface area (Å²) in [5.41, 5.74) is 2.60. The molecule has 0 atom stereocenters. The molecule has 0 aliphatic rings. The number of urea groups is 1. The Morgan fingerprint density at radius 2 is 1.29 bits per heavy atom. The number of hydrogen-bond donors (Lipinski definition) is 2. The van der Waals surface area contributed by atoms with E-state index >= 15 is 0 Å². The molecule has 2 N–H and O–H groups in total. The second-order valence-electron chi connectivity index (χ2n) is 8.63. The highest BCUT2D eigenvalue weighted by atomic mass is 32.2. The Labute approximate surface area is 222 Å². The third-order valence-corrected chi connectivity index (χ3v) is 8.73. The lowest BCUT2D eigenvalue weighted by Gasteiger charge is -2.22. The van der Waals surface area contributed by atoms with Gasteiger partial charge in [-0.3, -0.25) is 0 Å². The number of carbonyl (C=O) groups excluding carboxylic acids is 1. The molecule has 0 saturated heterocycles. The van der Waals surface area contributed by atoms with Gasteiger partial charge >= 0.3 is 13.6 Å². The minimum Gasteiger partial charge on any atom is -0.413 e. The van der Waals surface area contributed by atoms with E-state index in [2.05, 4.69) is 5.32 Å². The van der Waals surface area contributed by atoms with Crippen molar-refractivity contribution in [2.45, 2.75) is 25.7 Å². The molecular weight excluding hydrogens is 523 g/mol. The zero-order valence-electron chi connectivity index (χ0n) is 21.0. The van der Waals surface area contributed by atoms with Gasteiger partial charge in [0.2, 0.25) is 0 Å². The molecular formula is C28H27N2O6PS. The highest BCUT2D eigenvalue weighted by Crippen LogP contribution is 2.49. The lowest BCUT2D eigenvalue weighted by Crippen LogP contribution is -2.34. The van der Waals surface area contributed by atoms with Gasteiger partial charge in [0.05, 0.1) is 10.2 Å². The molecule has 0 heterocycles. The van der Waals surface area contributed by atoms with Gasteiger partial charge in [-0.2, -0.15) is 0 Å². The van der Waals surface area contributed by atoms with Gasteiger partial charge in [-0.15, -0.1) is 0 Å². The fraction of sp³-hybridized carbons (Fsp3) is 0.107. The molecule has 8 nitrogen and oxygen atoms in total. The summed E-state index contributed by atoms with van der Waals surface area (Å²) in [5, 5.41) is 2.65. The van der Waals surface area contributed by atoms with Crippen molar-refractivity contribution in [3.8, 4) is 11.5 Å². The van der Waals surface area contributed by atoms with Crippen LogP contribution in [-0.4, -0.2) is 14.4 Å². The smallest absolute Gasteiger partial charge is 0.413 e. The number of para-hydroxylation sites is 2. The Kier molecular flexibility index (Phi) is 7.90. The van der Waals surface area contributed by atoms with E-state index in [0.29, 0.717) is 11.5 Å². The van der Waals surface area contributed by atoms with Crippen LogP contribution in [0.2, 0.25) is 0 Å². The van der Waals surface area contributed by atoms with Crippen LogP contribution in [0.4, 0.5) is 10.5 Å². The first-order valence-electron chi connectivity index (χ1n) is 11.7. The van der Waals surface area contributed by atoms with E-state index in [1.807, 2.05) is 49.8 Å². The molecule has 0 fully saturated rings. The summed E-state index contributed by atoms with van der Waals surface area (Å²) in [6.07, 6.45) is 0. The minimum atomic E-state index is -4.09. The molecule has 4 aromatic carbocycles. The number of anilines is 1. The molecule has 0 bridgehead atoms. The predicted octanol–water partition coefficient (Wildman–Crippen LogP) is 6.10. The van der Waals surface area contributed by atoms with Crippen molar-refractivity contribution in [2.75, 3.05) is 5.32 Å². The summed E-state index contributed by atoms with van der Waals surface area (Å²) in [7, 11) is -8.12. The molecule has 4 aromatic rings. The van der Waals surface area contributed by atoms with E-state index in [-0.39, 0.29) is 15.9 Å². The first kappa shape index (κ1) is 27.0. The van der Waals surface area contributed by atoms with Crippen LogP contribution in [0, 0.1) is 20.8 Å². The van der Waals surface area contributed by atoms with Gasteiger partial charge in [0.1, 0.15) is 11.5 Å². The first-order valence-corrected chi connectivity index (χ1v) is 14.7. The summed E-state index contributed by atoms with van der Waals surface area (Å²) >= 11 is 0. The molecule has 0 saturated carbocycles. The van der Waals surface area contributed by atoms with Crippen LogP contribution < -0.4 is 24.4 Å². The van der Waals surface area contributed by atoms with Crippen molar-refractivity contribution in [3.63, 3.8) is 0 Å². The Bertz CT molecular complexity index is 1570. The SMILES string of the molecule is Cc1ccc(S(=O)(=O)NC(=O)Nc2cccc(P(=O)(Oc3ccccc3C)Oc3ccccc3C)c2)cc1. The van der Waals surface area contributed by atoms with Crippen molar-refractivity contribution in [3.05, 3.63) is 114 Å². The molecule has 0 unspecified atom stereocenters. The highest BCUT2D eigenvalue weighted by molar-refractivity contribution is 7.90. The van der Waals surface area contributed by atoms with Crippen molar-refractivity contribution >= 4 is 34.6 Å². The zero-order chi connectivity index (χ0) is 27.3. The van der Waals surface area contributed by atoms with E-state index in [4.69, 9.17) is 9.05 Å². The summed E-state index contributed by atoms with van der Waals surface area (Å²) in [6.45, 7) is 5.47. The largest absolute Gasteiger partial charge is 0.462 e. The normalized spacial score (nSPS) is 11.4. The molecule has 0 aliphatic carbocycles. The maximum absolute atomic E-state index is 14.3. The van der Waals surface area contributed by atoms with Gasteiger partial charge in [0.25, 0.3) is 10.0 Å². The van der Waals surface area contributed by atoms with Crippen LogP contribution in [0.3, 0.4) is 0 Å². The average Bonchev–Trinajstić information content (AvgIpc) is 2.87. The fourth-order valence-corrected chi connectivity index (χ4v) is 6.16. The second-order valence-corrected chi connectivity index (χ2v) is 12.2. The molecule has 38 heavy (non-hydrogen) atoms. The Balaban J connectivity index is 1.62. The Hall–Kier alpha value is -4.07. The van der Waals surface area contributed by atoms with E-state index in [9.17, 15) is 17.8 Å². The average molecular weight is 551 g/mol. The maximum Gasteiger partial charge on any atom is 0.462 e. The zero-order valence-corrected chi connectivity index (χ0v) is 22.8. The van der Waals surface area contributed by atoms with Gasteiger partial charge in [-0.1, -0.05) is 60.2 Å². The van der Waals surface area contributed by atoms with Crippen molar-refractivity contribution < 1.29 is 26.8 Å². The summed E-state index contributed by atoms with van der Waals surface area (Å²) in [5.74, 6) is 0.759. The summed E-state index contributed by atoms with van der Waals surface area (Å²) < 4.78 is 53.4. The molecule has 0 radical (unpaired) electrons. The number of benzene rings is 4. The summed E-state index contributed by atoms with van der Waals surface area (Å²) in [4.78, 5) is 12.5. The van der Waals surface area contributed by atoms with Crippen molar-refractivity contribution in [2.24, 2.45) is 0 Å². The van der Waals surface area contributed by atoms with Crippen LogP contribution in [0.1, 0.15) is 16.7 Å². The van der Waals surface area contributed by atoms with Crippen molar-refractivity contribution in [1.29, 1.82) is 0 Å². The quantitative estimate of drug-likeness (QED) is 0.257. The molecule has 2 amide bonds. The summed E-state index contributed by atoms with van der Waals surface area (Å²) in [6, 6.07) is 25.4. The Morgan fingerprint density at radius 3 is 1.84 bits per heavy atom. The van der Waals surface area contributed by atoms with Gasteiger partial charge < -0.3 is 14.4 Å². The molecule has 0 spiro atoms. The third kappa shape index (κ3) is 6.43. The van der Waals surface area contributed by atoms with Gasteiger partial charge in [-0.05, 0) is 74.4 Å². The lowest BCUT2D eigenvalue weighted by molar-refractivity contribution is 0.256. The van der Waals surface area contributed by atoms with Crippen LogP contribution in [-0.2, 0) is 14.6 Å². The second kappa shape index (κ2) is 11.1. The number of amides is 2. The van der Waals surface area contributed by atoms with E-state index in [1.54, 1.807) is 48.5 Å². The molecule has 0 aromatic heterocycles. The monoisotopic (exact) mass is 550 g/mol. The fourth-order valence-electron chi connectivity index (χ4n) is 3.51. The van der Waals surface area contributed by atoms with Gasteiger partial charge in [-0.25, -0.2) is 22.5 Å². The van der Waals surface area contributed by atoms with E-state index < -0.39 is 23.7 Å². The minimum absolute atomic E-state index is 0.0465. The maximum atomic E-state index is 14.3. The Morgan fingerprint density at radius 1 is 0.737 bits per heavy atom. The number of rotatable bonds is 8. The molecule has 0 aliphatic heterocycles. The first-order chi connectivity index (χ1) is 18.1. The van der Waals surface area contributed by atoms with Crippen LogP contribution in [0.15, 0.2) is 102 Å². The standard InChI is InChI=1S/C28H27N2O6PS/c1-20-15-17-25(18-16-20)38(33,34)30-28(31)29-23-11-8-12-24(19-23)37(32,35-26-13-6-4-9-21(26)2)36-27-14-7-5-10-22(27)3/h4-19H,1-3H3,(H2,29,30,31). The number of aryl methyl sites for hydroxylation is 3. The van der Waals surface area contributed by atoms with Crippen molar-refractivity contribution in [1.82, 2.24) is 4.72 Å².